The van der Waals surface area contributed by atoms with Crippen LogP contribution in [0, 0.1) is 0 Å². The van der Waals surface area contributed by atoms with Crippen LogP contribution in [0.3, 0.4) is 0 Å². The lowest BCUT2D eigenvalue weighted by atomic mass is 9.90. The number of aromatic nitrogens is 1. The second kappa shape index (κ2) is 6.22. The maximum Gasteiger partial charge on any atom is 0.344 e. The van der Waals surface area contributed by atoms with Gasteiger partial charge in [0.15, 0.2) is 12.9 Å². The summed E-state index contributed by atoms with van der Waals surface area (Å²) in [4.78, 5) is 15.4. The minimum Gasteiger partial charge on any atom is -0.466 e. The van der Waals surface area contributed by atoms with E-state index in [0.717, 1.165) is 5.56 Å². The molecule has 1 aliphatic heterocycles. The van der Waals surface area contributed by atoms with E-state index in [1.807, 2.05) is 33.8 Å². The van der Waals surface area contributed by atoms with Gasteiger partial charge in [-0.15, -0.1) is 0 Å². The van der Waals surface area contributed by atoms with Gasteiger partial charge in [0.05, 0.1) is 17.8 Å². The van der Waals surface area contributed by atoms with Gasteiger partial charge in [0.2, 0.25) is 5.88 Å². The summed E-state index contributed by atoms with van der Waals surface area (Å²) in [5.74, 6) is -0.0624. The zero-order valence-electron chi connectivity index (χ0n) is 13.7. The molecule has 6 nitrogen and oxygen atoms in total. The lowest BCUT2D eigenvalue weighted by Crippen LogP contribution is -2.41. The Morgan fingerprint density at radius 3 is 2.36 bits per heavy atom. The molecule has 0 amide bonds. The fourth-order valence-electron chi connectivity index (χ4n) is 1.93. The minimum absolute atomic E-state index is 0.156. The van der Waals surface area contributed by atoms with Crippen molar-refractivity contribution in [2.45, 2.75) is 52.1 Å². The number of hydrogen-bond acceptors (Lipinski definition) is 6. The molecule has 6 heteroatoms. The second-order valence-electron chi connectivity index (χ2n) is 6.11. The third-order valence-corrected chi connectivity index (χ3v) is 3.93. The molecule has 1 saturated heterocycles. The van der Waals surface area contributed by atoms with Crippen molar-refractivity contribution < 1.29 is 23.7 Å². The van der Waals surface area contributed by atoms with E-state index >= 15 is 0 Å². The van der Waals surface area contributed by atoms with E-state index in [4.69, 9.17) is 18.9 Å². The van der Waals surface area contributed by atoms with E-state index in [-0.39, 0.29) is 6.61 Å². The standard InChI is InChI=1S/C16H23NO5/c1-6-19-13(18)10-20-12-8-7-11(9-17-12)14-21-15(2,3)16(4,5)22-14/h7-9,14H,6,10H2,1-5H3. The summed E-state index contributed by atoms with van der Waals surface area (Å²) in [5, 5.41) is 0. The molecule has 0 spiro atoms. The van der Waals surface area contributed by atoms with Crippen molar-refractivity contribution >= 4 is 5.97 Å². The highest BCUT2D eigenvalue weighted by molar-refractivity contribution is 5.70. The van der Waals surface area contributed by atoms with Crippen LogP contribution >= 0.6 is 0 Å². The van der Waals surface area contributed by atoms with Crippen LogP contribution in [0.4, 0.5) is 0 Å². The highest BCUT2D eigenvalue weighted by Crippen LogP contribution is 2.44. The maximum atomic E-state index is 11.2. The number of ether oxygens (including phenoxy) is 4. The fourth-order valence-corrected chi connectivity index (χ4v) is 1.93. The van der Waals surface area contributed by atoms with E-state index in [2.05, 4.69) is 4.98 Å². The van der Waals surface area contributed by atoms with Crippen molar-refractivity contribution in [3.05, 3.63) is 23.9 Å². The van der Waals surface area contributed by atoms with Crippen LogP contribution in [0.1, 0.15) is 46.5 Å². The van der Waals surface area contributed by atoms with Crippen LogP contribution in [-0.2, 0) is 19.0 Å². The molecule has 2 heterocycles. The van der Waals surface area contributed by atoms with Gasteiger partial charge in [0, 0.05) is 17.8 Å². The SMILES string of the molecule is CCOC(=O)COc1ccc(C2OC(C)(C)C(C)(C)O2)cn1. The van der Waals surface area contributed by atoms with Crippen molar-refractivity contribution in [1.29, 1.82) is 0 Å². The summed E-state index contributed by atoms with van der Waals surface area (Å²) in [7, 11) is 0. The Hall–Kier alpha value is -1.66. The van der Waals surface area contributed by atoms with Crippen molar-refractivity contribution in [2.24, 2.45) is 0 Å². The van der Waals surface area contributed by atoms with E-state index in [1.54, 1.807) is 19.2 Å². The Balaban J connectivity index is 1.97. The molecule has 0 aliphatic carbocycles. The number of esters is 1. The number of carbonyl (C=O) groups is 1. The van der Waals surface area contributed by atoms with E-state index < -0.39 is 23.5 Å². The van der Waals surface area contributed by atoms with Gasteiger partial charge in [-0.1, -0.05) is 0 Å². The van der Waals surface area contributed by atoms with Crippen molar-refractivity contribution in [3.63, 3.8) is 0 Å². The van der Waals surface area contributed by atoms with Crippen molar-refractivity contribution in [3.8, 4) is 5.88 Å². The molecule has 1 aromatic rings. The number of carbonyl (C=O) groups excluding carboxylic acids is 1. The van der Waals surface area contributed by atoms with E-state index in [0.29, 0.717) is 12.5 Å². The Kier molecular flexibility index (Phi) is 4.72. The first-order valence-electron chi connectivity index (χ1n) is 7.35. The normalized spacial score (nSPS) is 19.9. The largest absolute Gasteiger partial charge is 0.466 e. The maximum absolute atomic E-state index is 11.2. The molecular weight excluding hydrogens is 286 g/mol. The summed E-state index contributed by atoms with van der Waals surface area (Å²) in [5.41, 5.74) is 0.0233. The van der Waals surface area contributed by atoms with E-state index in [1.165, 1.54) is 0 Å². The molecule has 2 rings (SSSR count). The fraction of sp³-hybridized carbons (Fsp3) is 0.625. The average Bonchev–Trinajstić information content (AvgIpc) is 2.66. The lowest BCUT2D eigenvalue weighted by molar-refractivity contribution is -0.145. The molecule has 0 radical (unpaired) electrons. The number of nitrogens with zero attached hydrogens (tertiary/aromatic N) is 1. The minimum atomic E-state index is -0.461. The summed E-state index contributed by atoms with van der Waals surface area (Å²) >= 11 is 0. The van der Waals surface area contributed by atoms with E-state index in [9.17, 15) is 4.79 Å². The molecule has 122 valence electrons. The molecule has 22 heavy (non-hydrogen) atoms. The number of hydrogen-bond donors (Lipinski definition) is 0. The first-order chi connectivity index (χ1) is 10.2. The van der Waals surface area contributed by atoms with Crippen molar-refractivity contribution in [2.75, 3.05) is 13.2 Å². The zero-order valence-corrected chi connectivity index (χ0v) is 13.7. The first kappa shape index (κ1) is 16.7. The third-order valence-electron chi connectivity index (χ3n) is 3.93. The Morgan fingerprint density at radius 2 is 1.86 bits per heavy atom. The molecule has 1 aliphatic rings. The number of rotatable bonds is 5. The highest BCUT2D eigenvalue weighted by Gasteiger charge is 2.49. The molecule has 0 unspecified atom stereocenters. The number of pyridine rings is 1. The molecule has 1 aromatic heterocycles. The van der Waals surface area contributed by atoms with Crippen LogP contribution in [0.15, 0.2) is 18.3 Å². The molecule has 1 fully saturated rings. The van der Waals surface area contributed by atoms with Gasteiger partial charge in [-0.05, 0) is 40.7 Å². The van der Waals surface area contributed by atoms with Crippen LogP contribution in [0.25, 0.3) is 0 Å². The smallest absolute Gasteiger partial charge is 0.344 e. The van der Waals surface area contributed by atoms with Crippen LogP contribution in [0.5, 0.6) is 5.88 Å². The summed E-state index contributed by atoms with van der Waals surface area (Å²) in [6.45, 7) is 9.91. The zero-order chi connectivity index (χ0) is 16.4. The summed E-state index contributed by atoms with van der Waals surface area (Å²) < 4.78 is 21.9. The monoisotopic (exact) mass is 309 g/mol. The molecule has 0 bridgehead atoms. The van der Waals surface area contributed by atoms with Gasteiger partial charge < -0.3 is 18.9 Å². The lowest BCUT2D eigenvalue weighted by Gasteiger charge is -2.30. The van der Waals surface area contributed by atoms with Gasteiger partial charge >= 0.3 is 5.97 Å². The predicted octanol–water partition coefficient (Wildman–Crippen LogP) is 2.63. The van der Waals surface area contributed by atoms with Crippen LogP contribution in [-0.4, -0.2) is 35.4 Å². The summed E-state index contributed by atoms with van der Waals surface area (Å²) in [6, 6.07) is 3.50. The van der Waals surface area contributed by atoms with Gasteiger partial charge in [-0.3, -0.25) is 0 Å². The second-order valence-corrected chi connectivity index (χ2v) is 6.11. The van der Waals surface area contributed by atoms with Crippen LogP contribution < -0.4 is 4.74 Å². The van der Waals surface area contributed by atoms with Crippen molar-refractivity contribution in [1.82, 2.24) is 4.98 Å². The molecule has 0 saturated carbocycles. The molecular formula is C16H23NO5. The summed E-state index contributed by atoms with van der Waals surface area (Å²) in [6.07, 6.45) is 1.17. The first-order valence-corrected chi connectivity index (χ1v) is 7.35. The van der Waals surface area contributed by atoms with Gasteiger partial charge in [-0.2, -0.15) is 0 Å². The predicted molar refractivity (Wildman–Crippen MR) is 79.4 cm³/mol. The Morgan fingerprint density at radius 1 is 1.23 bits per heavy atom. The Bertz CT molecular complexity index is 508. The third kappa shape index (κ3) is 3.56. The molecule has 0 N–H and O–H groups in total. The highest BCUT2D eigenvalue weighted by atomic mass is 16.7. The molecule has 0 atom stereocenters. The average molecular weight is 309 g/mol. The topological polar surface area (TPSA) is 66.9 Å². The quantitative estimate of drug-likeness (QED) is 0.779. The Labute approximate surface area is 130 Å². The van der Waals surface area contributed by atoms with Gasteiger partial charge in [0.1, 0.15) is 0 Å². The van der Waals surface area contributed by atoms with Gasteiger partial charge in [0.25, 0.3) is 0 Å². The van der Waals surface area contributed by atoms with Gasteiger partial charge in [-0.25, -0.2) is 9.78 Å². The van der Waals surface area contributed by atoms with Crippen LogP contribution in [0.2, 0.25) is 0 Å². The molecule has 0 aromatic carbocycles.